The van der Waals surface area contributed by atoms with Crippen LogP contribution in [0.5, 0.6) is 0 Å². The number of carbonyl (C=O) groups is 1. The Morgan fingerprint density at radius 1 is 1.28 bits per heavy atom. The fourth-order valence-corrected chi connectivity index (χ4v) is 3.02. The molecule has 1 atom stereocenters. The fraction of sp³-hybridized carbons (Fsp3) is 0.875. The first-order valence-electron chi connectivity index (χ1n) is 7.53. The fourth-order valence-electron chi connectivity index (χ4n) is 3.02. The van der Waals surface area contributed by atoms with Gasteiger partial charge >= 0.3 is 0 Å². The van der Waals surface area contributed by atoms with Crippen LogP contribution in [-0.4, -0.2) is 5.78 Å². The molecule has 0 aromatic heterocycles. The SMILES string of the molecule is CCCCC1CCC(C(=O)C(C#N)C(C)C)CC1. The van der Waals surface area contributed by atoms with Crippen molar-refractivity contribution in [3.8, 4) is 6.07 Å². The zero-order chi connectivity index (χ0) is 13.5. The summed E-state index contributed by atoms with van der Waals surface area (Å²) in [7, 11) is 0. The molecular formula is C16H27NO. The van der Waals surface area contributed by atoms with Crippen molar-refractivity contribution in [3.63, 3.8) is 0 Å². The van der Waals surface area contributed by atoms with Gasteiger partial charge in [-0.25, -0.2) is 0 Å². The van der Waals surface area contributed by atoms with Crippen molar-refractivity contribution < 1.29 is 4.79 Å². The molecule has 0 aliphatic heterocycles. The summed E-state index contributed by atoms with van der Waals surface area (Å²) in [5.41, 5.74) is 0. The Kier molecular flexibility index (Phi) is 6.39. The summed E-state index contributed by atoms with van der Waals surface area (Å²) < 4.78 is 0. The Labute approximate surface area is 112 Å². The zero-order valence-corrected chi connectivity index (χ0v) is 12.1. The summed E-state index contributed by atoms with van der Waals surface area (Å²) in [6.45, 7) is 6.17. The van der Waals surface area contributed by atoms with Crippen LogP contribution in [0.3, 0.4) is 0 Å². The summed E-state index contributed by atoms with van der Waals surface area (Å²) in [6, 6.07) is 2.19. The van der Waals surface area contributed by atoms with Gasteiger partial charge in [-0.15, -0.1) is 0 Å². The van der Waals surface area contributed by atoms with Gasteiger partial charge in [0.1, 0.15) is 5.92 Å². The lowest BCUT2D eigenvalue weighted by molar-refractivity contribution is -0.127. The van der Waals surface area contributed by atoms with Gasteiger partial charge < -0.3 is 0 Å². The normalized spacial score (nSPS) is 25.7. The highest BCUT2D eigenvalue weighted by Crippen LogP contribution is 2.34. The molecule has 1 unspecified atom stereocenters. The highest BCUT2D eigenvalue weighted by Gasteiger charge is 2.32. The molecule has 2 nitrogen and oxygen atoms in total. The molecule has 0 aromatic rings. The third-order valence-electron chi connectivity index (χ3n) is 4.33. The highest BCUT2D eigenvalue weighted by molar-refractivity contribution is 5.85. The molecule has 0 aromatic carbocycles. The summed E-state index contributed by atoms with van der Waals surface area (Å²) >= 11 is 0. The Hall–Kier alpha value is -0.840. The van der Waals surface area contributed by atoms with E-state index < -0.39 is 0 Å². The molecule has 0 saturated heterocycles. The predicted octanol–water partition coefficient (Wildman–Crippen LogP) is 4.35. The van der Waals surface area contributed by atoms with E-state index in [0.29, 0.717) is 0 Å². The lowest BCUT2D eigenvalue weighted by Crippen LogP contribution is -2.29. The maximum Gasteiger partial charge on any atom is 0.153 e. The lowest BCUT2D eigenvalue weighted by Gasteiger charge is -2.29. The summed E-state index contributed by atoms with van der Waals surface area (Å²) in [6.07, 6.45) is 8.30. The first-order valence-corrected chi connectivity index (χ1v) is 7.53. The Morgan fingerprint density at radius 2 is 1.89 bits per heavy atom. The maximum atomic E-state index is 12.3. The Morgan fingerprint density at radius 3 is 2.33 bits per heavy atom. The van der Waals surface area contributed by atoms with Crippen LogP contribution in [0.2, 0.25) is 0 Å². The monoisotopic (exact) mass is 249 g/mol. The molecule has 2 heteroatoms. The summed E-state index contributed by atoms with van der Waals surface area (Å²) in [4.78, 5) is 12.3. The van der Waals surface area contributed by atoms with E-state index in [1.807, 2.05) is 13.8 Å². The van der Waals surface area contributed by atoms with Crippen molar-refractivity contribution >= 4 is 5.78 Å². The van der Waals surface area contributed by atoms with Crippen LogP contribution in [0.15, 0.2) is 0 Å². The number of hydrogen-bond donors (Lipinski definition) is 0. The van der Waals surface area contributed by atoms with Gasteiger partial charge in [0.05, 0.1) is 6.07 Å². The van der Waals surface area contributed by atoms with Crippen molar-refractivity contribution in [1.82, 2.24) is 0 Å². The van der Waals surface area contributed by atoms with E-state index in [1.54, 1.807) is 0 Å². The quantitative estimate of drug-likeness (QED) is 0.702. The van der Waals surface area contributed by atoms with E-state index in [0.717, 1.165) is 18.8 Å². The number of carbonyl (C=O) groups excluding carboxylic acids is 1. The second-order valence-corrected chi connectivity index (χ2v) is 6.11. The number of rotatable bonds is 6. The second-order valence-electron chi connectivity index (χ2n) is 6.11. The van der Waals surface area contributed by atoms with Crippen molar-refractivity contribution in [2.75, 3.05) is 0 Å². The molecule has 0 spiro atoms. The Bertz CT molecular complexity index is 295. The topological polar surface area (TPSA) is 40.9 Å². The van der Waals surface area contributed by atoms with Crippen LogP contribution >= 0.6 is 0 Å². The van der Waals surface area contributed by atoms with E-state index >= 15 is 0 Å². The van der Waals surface area contributed by atoms with Crippen LogP contribution < -0.4 is 0 Å². The second kappa shape index (κ2) is 7.56. The number of unbranched alkanes of at least 4 members (excludes halogenated alkanes) is 1. The first kappa shape index (κ1) is 15.2. The summed E-state index contributed by atoms with van der Waals surface area (Å²) in [5.74, 6) is 0.965. The smallest absolute Gasteiger partial charge is 0.153 e. The molecule has 1 aliphatic rings. The molecule has 1 fully saturated rings. The van der Waals surface area contributed by atoms with Gasteiger partial charge in [-0.05, 0) is 37.5 Å². The number of hydrogen-bond acceptors (Lipinski definition) is 2. The molecule has 0 radical (unpaired) electrons. The third kappa shape index (κ3) is 4.12. The van der Waals surface area contributed by atoms with Crippen LogP contribution in [-0.2, 0) is 4.79 Å². The largest absolute Gasteiger partial charge is 0.298 e. The van der Waals surface area contributed by atoms with Gasteiger partial charge in [-0.1, -0.05) is 40.0 Å². The van der Waals surface area contributed by atoms with Crippen molar-refractivity contribution in [1.29, 1.82) is 5.26 Å². The summed E-state index contributed by atoms with van der Waals surface area (Å²) in [5, 5.41) is 9.09. The Balaban J connectivity index is 2.43. The number of nitrogens with zero attached hydrogens (tertiary/aromatic N) is 1. The van der Waals surface area contributed by atoms with Gasteiger partial charge in [0.25, 0.3) is 0 Å². The molecule has 102 valence electrons. The van der Waals surface area contributed by atoms with E-state index in [2.05, 4.69) is 13.0 Å². The number of Topliss-reactive ketones (excluding diaryl/α,β-unsaturated/α-hetero) is 1. The van der Waals surface area contributed by atoms with Gasteiger partial charge in [-0.2, -0.15) is 5.26 Å². The predicted molar refractivity (Wildman–Crippen MR) is 73.9 cm³/mol. The van der Waals surface area contributed by atoms with Crippen LogP contribution in [0.25, 0.3) is 0 Å². The number of ketones is 1. The minimum Gasteiger partial charge on any atom is -0.298 e. The molecule has 0 heterocycles. The zero-order valence-electron chi connectivity index (χ0n) is 12.1. The molecule has 18 heavy (non-hydrogen) atoms. The van der Waals surface area contributed by atoms with Gasteiger partial charge in [0, 0.05) is 5.92 Å². The third-order valence-corrected chi connectivity index (χ3v) is 4.33. The number of nitriles is 1. The molecule has 1 aliphatic carbocycles. The lowest BCUT2D eigenvalue weighted by atomic mass is 9.74. The van der Waals surface area contributed by atoms with E-state index in [1.165, 1.54) is 32.1 Å². The molecule has 1 rings (SSSR count). The van der Waals surface area contributed by atoms with Gasteiger partial charge in [0.15, 0.2) is 5.78 Å². The molecular weight excluding hydrogens is 222 g/mol. The van der Waals surface area contributed by atoms with Crippen molar-refractivity contribution in [3.05, 3.63) is 0 Å². The van der Waals surface area contributed by atoms with Crippen LogP contribution in [0.1, 0.15) is 65.7 Å². The average molecular weight is 249 g/mol. The van der Waals surface area contributed by atoms with Gasteiger partial charge in [0.2, 0.25) is 0 Å². The minimum atomic E-state index is -0.387. The highest BCUT2D eigenvalue weighted by atomic mass is 16.1. The molecule has 0 bridgehead atoms. The van der Waals surface area contributed by atoms with Gasteiger partial charge in [-0.3, -0.25) is 4.79 Å². The standard InChI is InChI=1S/C16H27NO/c1-4-5-6-13-7-9-14(10-8-13)16(18)15(11-17)12(2)3/h12-15H,4-10H2,1-3H3. The average Bonchev–Trinajstić information content (AvgIpc) is 2.37. The molecule has 1 saturated carbocycles. The van der Waals surface area contributed by atoms with E-state index in [9.17, 15) is 4.79 Å². The first-order chi connectivity index (χ1) is 8.60. The van der Waals surface area contributed by atoms with Crippen molar-refractivity contribution in [2.24, 2.45) is 23.7 Å². The maximum absolute atomic E-state index is 12.3. The van der Waals surface area contributed by atoms with Crippen LogP contribution in [0, 0.1) is 35.0 Å². The van der Waals surface area contributed by atoms with E-state index in [4.69, 9.17) is 5.26 Å². The molecule has 0 amide bonds. The van der Waals surface area contributed by atoms with Crippen molar-refractivity contribution in [2.45, 2.75) is 65.7 Å². The molecule has 0 N–H and O–H groups in total. The minimum absolute atomic E-state index is 0.153. The van der Waals surface area contributed by atoms with E-state index in [-0.39, 0.29) is 23.5 Å². The van der Waals surface area contributed by atoms with Crippen LogP contribution in [0.4, 0.5) is 0 Å².